The van der Waals surface area contributed by atoms with Gasteiger partial charge in [-0.25, -0.2) is 4.98 Å². The van der Waals surface area contributed by atoms with E-state index in [4.69, 9.17) is 5.10 Å². The summed E-state index contributed by atoms with van der Waals surface area (Å²) in [4.78, 5) is 5.80. The zero-order valence-electron chi connectivity index (χ0n) is 14.1. The molecule has 4 rings (SSSR count). The third-order valence-electron chi connectivity index (χ3n) is 4.54. The Morgan fingerprint density at radius 1 is 1.33 bits per heavy atom. The molecule has 1 aliphatic rings. The number of hydrogen-bond donors (Lipinski definition) is 1. The minimum atomic E-state index is 0.579. The first-order valence-corrected chi connectivity index (χ1v) is 9.25. The van der Waals surface area contributed by atoms with Crippen LogP contribution in [0.5, 0.6) is 0 Å². The Hall–Kier alpha value is -2.15. The molecular formula is C17H22N6S. The van der Waals surface area contributed by atoms with Crippen LogP contribution in [0.3, 0.4) is 0 Å². The minimum absolute atomic E-state index is 0.579. The third-order valence-corrected chi connectivity index (χ3v) is 5.68. The van der Waals surface area contributed by atoms with Crippen LogP contribution in [0.4, 0.5) is 5.13 Å². The molecule has 1 saturated carbocycles. The second kappa shape index (κ2) is 6.39. The van der Waals surface area contributed by atoms with Gasteiger partial charge in [-0.1, -0.05) is 24.2 Å². The maximum atomic E-state index is 4.80. The van der Waals surface area contributed by atoms with Crippen LogP contribution in [0.2, 0.25) is 0 Å². The average Bonchev–Trinajstić information content (AvgIpc) is 3.32. The van der Waals surface area contributed by atoms with E-state index in [0.717, 1.165) is 33.5 Å². The number of rotatable bonds is 5. The van der Waals surface area contributed by atoms with Crippen molar-refractivity contribution in [3.63, 3.8) is 0 Å². The number of nitrogens with zero attached hydrogens (tertiary/aromatic N) is 5. The highest BCUT2D eigenvalue weighted by Gasteiger charge is 2.19. The Balaban J connectivity index is 1.48. The first-order chi connectivity index (χ1) is 11.7. The van der Waals surface area contributed by atoms with E-state index < -0.39 is 0 Å². The summed E-state index contributed by atoms with van der Waals surface area (Å²) >= 11 is 1.67. The van der Waals surface area contributed by atoms with Gasteiger partial charge in [0, 0.05) is 31.5 Å². The smallest absolute Gasteiger partial charge is 0.183 e. The standard InChI is InChI=1S/C17H22N6S/c1-12-16(15-7-8-23(21-15)14-5-3-4-6-14)24-17(20-12)18-9-13-10-19-22(2)11-13/h7-8,10-11,14H,3-6,9H2,1-2H3,(H,18,20). The predicted octanol–water partition coefficient (Wildman–Crippen LogP) is 3.78. The third kappa shape index (κ3) is 3.08. The van der Waals surface area contributed by atoms with Crippen LogP contribution in [0.1, 0.15) is 43.0 Å². The van der Waals surface area contributed by atoms with Crippen LogP contribution in [0, 0.1) is 6.92 Å². The lowest BCUT2D eigenvalue weighted by Crippen LogP contribution is -2.04. The summed E-state index contributed by atoms with van der Waals surface area (Å²) in [5.41, 5.74) is 3.22. The van der Waals surface area contributed by atoms with Crippen LogP contribution in [0.15, 0.2) is 24.7 Å². The highest BCUT2D eigenvalue weighted by Crippen LogP contribution is 2.34. The van der Waals surface area contributed by atoms with Gasteiger partial charge < -0.3 is 5.32 Å². The molecule has 6 nitrogen and oxygen atoms in total. The maximum Gasteiger partial charge on any atom is 0.183 e. The summed E-state index contributed by atoms with van der Waals surface area (Å²) in [5.74, 6) is 0. The molecule has 3 aromatic heterocycles. The maximum absolute atomic E-state index is 4.80. The normalized spacial score (nSPS) is 15.2. The fraction of sp³-hybridized carbons (Fsp3) is 0.471. The minimum Gasteiger partial charge on any atom is -0.357 e. The monoisotopic (exact) mass is 342 g/mol. The van der Waals surface area contributed by atoms with Crippen molar-refractivity contribution in [1.29, 1.82) is 0 Å². The fourth-order valence-corrected chi connectivity index (χ4v) is 4.21. The first kappa shape index (κ1) is 15.4. The number of aromatic nitrogens is 5. The molecule has 0 bridgehead atoms. The molecular weight excluding hydrogens is 320 g/mol. The summed E-state index contributed by atoms with van der Waals surface area (Å²) in [5, 5.41) is 13.3. The van der Waals surface area contributed by atoms with Crippen LogP contribution < -0.4 is 5.32 Å². The lowest BCUT2D eigenvalue weighted by Gasteiger charge is -2.08. The van der Waals surface area contributed by atoms with Gasteiger partial charge in [0.15, 0.2) is 5.13 Å². The van der Waals surface area contributed by atoms with Crippen LogP contribution in [-0.2, 0) is 13.6 Å². The van der Waals surface area contributed by atoms with Gasteiger partial charge >= 0.3 is 0 Å². The van der Waals surface area contributed by atoms with E-state index in [1.807, 2.05) is 24.1 Å². The van der Waals surface area contributed by atoms with Gasteiger partial charge in [-0.15, -0.1) is 0 Å². The fourth-order valence-electron chi connectivity index (χ4n) is 3.28. The van der Waals surface area contributed by atoms with E-state index in [9.17, 15) is 0 Å². The zero-order chi connectivity index (χ0) is 16.5. The van der Waals surface area contributed by atoms with Crippen molar-refractivity contribution in [1.82, 2.24) is 24.5 Å². The molecule has 0 unspecified atom stereocenters. The van der Waals surface area contributed by atoms with E-state index in [2.05, 4.69) is 39.3 Å². The van der Waals surface area contributed by atoms with Crippen LogP contribution in [-0.4, -0.2) is 24.5 Å². The van der Waals surface area contributed by atoms with Crippen molar-refractivity contribution in [3.8, 4) is 10.6 Å². The van der Waals surface area contributed by atoms with Gasteiger partial charge in [0.05, 0.1) is 22.8 Å². The topological polar surface area (TPSA) is 60.6 Å². The lowest BCUT2D eigenvalue weighted by atomic mass is 10.3. The largest absolute Gasteiger partial charge is 0.357 e. The molecule has 0 aliphatic heterocycles. The molecule has 1 aliphatic carbocycles. The zero-order valence-corrected chi connectivity index (χ0v) is 14.9. The highest BCUT2D eigenvalue weighted by molar-refractivity contribution is 7.19. The Labute approximate surface area is 145 Å². The highest BCUT2D eigenvalue weighted by atomic mass is 32.1. The van der Waals surface area contributed by atoms with E-state index in [1.165, 1.54) is 25.7 Å². The summed E-state index contributed by atoms with van der Waals surface area (Å²) < 4.78 is 3.95. The molecule has 3 aromatic rings. The molecule has 0 saturated heterocycles. The van der Waals surface area contributed by atoms with Crippen molar-refractivity contribution < 1.29 is 0 Å². The molecule has 3 heterocycles. The molecule has 1 fully saturated rings. The average molecular weight is 342 g/mol. The molecule has 0 spiro atoms. The van der Waals surface area contributed by atoms with E-state index in [-0.39, 0.29) is 0 Å². The second-order valence-corrected chi connectivity index (χ2v) is 7.43. The summed E-state index contributed by atoms with van der Waals surface area (Å²) in [6.45, 7) is 2.78. The number of anilines is 1. The van der Waals surface area contributed by atoms with Crippen molar-refractivity contribution in [2.24, 2.45) is 7.05 Å². The first-order valence-electron chi connectivity index (χ1n) is 8.43. The number of nitrogens with one attached hydrogen (secondary N) is 1. The van der Waals surface area contributed by atoms with Gasteiger partial charge in [-0.2, -0.15) is 10.2 Å². The van der Waals surface area contributed by atoms with Gasteiger partial charge in [0.25, 0.3) is 0 Å². The van der Waals surface area contributed by atoms with E-state index in [1.54, 1.807) is 11.3 Å². The Morgan fingerprint density at radius 3 is 2.92 bits per heavy atom. The van der Waals surface area contributed by atoms with Crippen molar-refractivity contribution >= 4 is 16.5 Å². The molecule has 1 N–H and O–H groups in total. The second-order valence-electron chi connectivity index (χ2n) is 6.43. The van der Waals surface area contributed by atoms with Crippen LogP contribution in [0.25, 0.3) is 10.6 Å². The molecule has 0 amide bonds. The molecule has 7 heteroatoms. The Bertz CT molecular complexity index is 824. The van der Waals surface area contributed by atoms with Gasteiger partial charge in [-0.05, 0) is 25.8 Å². The summed E-state index contributed by atoms with van der Waals surface area (Å²) in [7, 11) is 1.93. The number of aryl methyl sites for hydroxylation is 2. The Morgan fingerprint density at radius 2 is 2.17 bits per heavy atom. The van der Waals surface area contributed by atoms with Gasteiger partial charge in [-0.3, -0.25) is 9.36 Å². The van der Waals surface area contributed by atoms with Gasteiger partial charge in [0.1, 0.15) is 5.69 Å². The summed E-state index contributed by atoms with van der Waals surface area (Å²) in [6, 6.07) is 2.69. The molecule has 24 heavy (non-hydrogen) atoms. The van der Waals surface area contributed by atoms with E-state index >= 15 is 0 Å². The molecule has 0 aromatic carbocycles. The quantitative estimate of drug-likeness (QED) is 0.766. The molecule has 0 radical (unpaired) electrons. The number of thiazole rings is 1. The van der Waals surface area contributed by atoms with Crippen molar-refractivity contribution in [2.75, 3.05) is 5.32 Å². The van der Waals surface area contributed by atoms with E-state index in [0.29, 0.717) is 6.04 Å². The molecule has 126 valence electrons. The van der Waals surface area contributed by atoms with Gasteiger partial charge in [0.2, 0.25) is 0 Å². The van der Waals surface area contributed by atoms with Crippen LogP contribution >= 0.6 is 11.3 Å². The predicted molar refractivity (Wildman–Crippen MR) is 96.1 cm³/mol. The summed E-state index contributed by atoms with van der Waals surface area (Å²) in [6.07, 6.45) is 11.1. The van der Waals surface area contributed by atoms with Crippen molar-refractivity contribution in [2.45, 2.75) is 45.2 Å². The molecule has 0 atom stereocenters. The SMILES string of the molecule is Cc1nc(NCc2cnn(C)c2)sc1-c1ccn(C2CCCC2)n1. The van der Waals surface area contributed by atoms with Crippen molar-refractivity contribution in [3.05, 3.63) is 35.9 Å². The number of hydrogen-bond acceptors (Lipinski definition) is 5. The lowest BCUT2D eigenvalue weighted by molar-refractivity contribution is 0.468. The Kier molecular flexibility index (Phi) is 4.10.